The normalized spacial score (nSPS) is 27.1. The van der Waals surface area contributed by atoms with Gasteiger partial charge in [-0.2, -0.15) is 0 Å². The van der Waals surface area contributed by atoms with Crippen LogP contribution in [0.25, 0.3) is 0 Å². The molecule has 1 amide bonds. The van der Waals surface area contributed by atoms with E-state index < -0.39 is 0 Å². The molecule has 0 aromatic carbocycles. The van der Waals surface area contributed by atoms with Crippen molar-refractivity contribution >= 4 is 29.1 Å². The van der Waals surface area contributed by atoms with Crippen LogP contribution in [-0.4, -0.2) is 16.9 Å². The minimum absolute atomic E-state index is 0.127. The number of rotatable bonds is 2. The lowest BCUT2D eigenvalue weighted by molar-refractivity contribution is 0.0910. The summed E-state index contributed by atoms with van der Waals surface area (Å²) in [4.78, 5) is 16.0. The van der Waals surface area contributed by atoms with E-state index in [-0.39, 0.29) is 17.1 Å². The fourth-order valence-electron chi connectivity index (χ4n) is 2.49. The third-order valence-electron chi connectivity index (χ3n) is 3.99. The van der Waals surface area contributed by atoms with Gasteiger partial charge in [0.2, 0.25) is 0 Å². The lowest BCUT2D eigenvalue weighted by Gasteiger charge is -2.32. The van der Waals surface area contributed by atoms with Crippen LogP contribution in [0.5, 0.6) is 0 Å². The Kier molecular flexibility index (Phi) is 4.69. The van der Waals surface area contributed by atoms with E-state index in [0.29, 0.717) is 16.5 Å². The summed E-state index contributed by atoms with van der Waals surface area (Å²) < 4.78 is 0. The van der Waals surface area contributed by atoms with Gasteiger partial charge in [0.25, 0.3) is 5.91 Å². The van der Waals surface area contributed by atoms with Gasteiger partial charge in [0, 0.05) is 12.2 Å². The van der Waals surface area contributed by atoms with Gasteiger partial charge in [0.15, 0.2) is 0 Å². The third-order valence-corrected chi connectivity index (χ3v) is 4.68. The van der Waals surface area contributed by atoms with Crippen LogP contribution in [0.1, 0.15) is 43.5 Å². The lowest BCUT2D eigenvalue weighted by atomic mass is 9.79. The largest absolute Gasteiger partial charge is 0.349 e. The van der Waals surface area contributed by atoms with Crippen LogP contribution in [0.15, 0.2) is 12.3 Å². The fraction of sp³-hybridized carbons (Fsp3) is 0.571. The highest BCUT2D eigenvalue weighted by molar-refractivity contribution is 6.41. The summed E-state index contributed by atoms with van der Waals surface area (Å²) in [6.07, 6.45) is 4.68. The van der Waals surface area contributed by atoms with Gasteiger partial charge in [-0.25, -0.2) is 4.98 Å². The molecule has 3 atom stereocenters. The van der Waals surface area contributed by atoms with Crippen LogP contribution in [0, 0.1) is 11.8 Å². The molecule has 5 heteroatoms. The maximum atomic E-state index is 12.1. The number of nitrogens with one attached hydrogen (secondary N) is 1. The number of pyridine rings is 1. The third kappa shape index (κ3) is 3.61. The molecule has 1 heterocycles. The molecule has 1 aliphatic rings. The van der Waals surface area contributed by atoms with E-state index in [1.54, 1.807) is 6.07 Å². The molecule has 1 saturated carbocycles. The molecule has 1 N–H and O–H groups in total. The van der Waals surface area contributed by atoms with Crippen molar-refractivity contribution < 1.29 is 4.79 Å². The molecule has 104 valence electrons. The van der Waals surface area contributed by atoms with E-state index in [1.807, 2.05) is 0 Å². The van der Waals surface area contributed by atoms with E-state index in [9.17, 15) is 4.79 Å². The molecule has 19 heavy (non-hydrogen) atoms. The molecule has 0 spiro atoms. The number of hydrogen-bond acceptors (Lipinski definition) is 2. The Labute approximate surface area is 123 Å². The van der Waals surface area contributed by atoms with Crippen molar-refractivity contribution in [1.29, 1.82) is 0 Å². The predicted molar refractivity (Wildman–Crippen MR) is 77.7 cm³/mol. The van der Waals surface area contributed by atoms with Crippen LogP contribution in [-0.2, 0) is 0 Å². The smallest absolute Gasteiger partial charge is 0.253 e. The molecule has 0 aliphatic heterocycles. The Hall–Kier alpha value is -0.800. The van der Waals surface area contributed by atoms with Crippen molar-refractivity contribution in [1.82, 2.24) is 10.3 Å². The molecular weight excluding hydrogens is 283 g/mol. The molecule has 0 saturated heterocycles. The molecule has 0 bridgehead atoms. The van der Waals surface area contributed by atoms with Crippen molar-refractivity contribution in [2.45, 2.75) is 39.2 Å². The topological polar surface area (TPSA) is 42.0 Å². The zero-order valence-electron chi connectivity index (χ0n) is 11.1. The number of aromatic nitrogens is 1. The second-order valence-electron chi connectivity index (χ2n) is 5.43. The number of carbonyl (C=O) groups is 1. The first-order valence-corrected chi connectivity index (χ1v) is 7.35. The Balaban J connectivity index is 1.99. The van der Waals surface area contributed by atoms with E-state index >= 15 is 0 Å². The van der Waals surface area contributed by atoms with Gasteiger partial charge in [-0.1, -0.05) is 37.0 Å². The van der Waals surface area contributed by atoms with E-state index in [1.165, 1.54) is 6.20 Å². The first kappa shape index (κ1) is 14.6. The minimum atomic E-state index is -0.127. The zero-order chi connectivity index (χ0) is 14.0. The van der Waals surface area contributed by atoms with Crippen molar-refractivity contribution in [3.63, 3.8) is 0 Å². The van der Waals surface area contributed by atoms with Gasteiger partial charge in [-0.3, -0.25) is 4.79 Å². The van der Waals surface area contributed by atoms with Gasteiger partial charge in [-0.15, -0.1) is 0 Å². The molecule has 0 radical (unpaired) electrons. The summed E-state index contributed by atoms with van der Waals surface area (Å²) in [5.74, 6) is 1.25. The summed E-state index contributed by atoms with van der Waals surface area (Å²) in [5, 5.41) is 3.58. The number of nitrogens with zero attached hydrogens (tertiary/aromatic N) is 1. The van der Waals surface area contributed by atoms with Gasteiger partial charge in [-0.05, 0) is 37.2 Å². The Morgan fingerprint density at radius 1 is 1.32 bits per heavy atom. The van der Waals surface area contributed by atoms with Crippen LogP contribution >= 0.6 is 23.2 Å². The van der Waals surface area contributed by atoms with Crippen LogP contribution in [0.2, 0.25) is 10.2 Å². The molecular formula is C14H18Cl2N2O. The maximum Gasteiger partial charge on any atom is 0.253 e. The second-order valence-corrected chi connectivity index (χ2v) is 6.20. The van der Waals surface area contributed by atoms with Crippen molar-refractivity contribution in [2.75, 3.05) is 0 Å². The van der Waals surface area contributed by atoms with Gasteiger partial charge in [0.05, 0.1) is 10.6 Å². The van der Waals surface area contributed by atoms with Crippen molar-refractivity contribution in [2.24, 2.45) is 11.8 Å². The Morgan fingerprint density at radius 3 is 2.68 bits per heavy atom. The van der Waals surface area contributed by atoms with Crippen molar-refractivity contribution in [3.05, 3.63) is 28.0 Å². The lowest BCUT2D eigenvalue weighted by Crippen LogP contribution is -2.39. The van der Waals surface area contributed by atoms with Crippen LogP contribution in [0.4, 0.5) is 0 Å². The number of carbonyl (C=O) groups excluding carboxylic acids is 1. The van der Waals surface area contributed by atoms with Crippen LogP contribution < -0.4 is 5.32 Å². The molecule has 1 aromatic rings. The zero-order valence-corrected chi connectivity index (χ0v) is 12.6. The number of hydrogen-bond donors (Lipinski definition) is 1. The highest BCUT2D eigenvalue weighted by Gasteiger charge is 2.25. The van der Waals surface area contributed by atoms with Gasteiger partial charge in [0.1, 0.15) is 5.15 Å². The average molecular weight is 301 g/mol. The van der Waals surface area contributed by atoms with Gasteiger partial charge >= 0.3 is 0 Å². The molecule has 3 nitrogen and oxygen atoms in total. The quantitative estimate of drug-likeness (QED) is 0.841. The first-order valence-electron chi connectivity index (χ1n) is 6.59. The monoisotopic (exact) mass is 300 g/mol. The Bertz CT molecular complexity index is 479. The standard InChI is InChI=1S/C14H18Cl2N2O/c1-8-3-4-11(5-9(8)2)18-14(19)10-6-12(15)13(16)17-7-10/h6-9,11H,3-5H2,1-2H3,(H,18,19). The van der Waals surface area contributed by atoms with E-state index in [2.05, 4.69) is 24.1 Å². The van der Waals surface area contributed by atoms with E-state index in [4.69, 9.17) is 23.2 Å². The Morgan fingerprint density at radius 2 is 2.05 bits per heavy atom. The highest BCUT2D eigenvalue weighted by atomic mass is 35.5. The van der Waals surface area contributed by atoms with Crippen molar-refractivity contribution in [3.8, 4) is 0 Å². The molecule has 2 rings (SSSR count). The first-order chi connectivity index (χ1) is 8.97. The molecule has 1 aliphatic carbocycles. The summed E-state index contributed by atoms with van der Waals surface area (Å²) in [6, 6.07) is 1.80. The van der Waals surface area contributed by atoms with Gasteiger partial charge < -0.3 is 5.32 Å². The van der Waals surface area contributed by atoms with Crippen LogP contribution in [0.3, 0.4) is 0 Å². The number of halogens is 2. The SMILES string of the molecule is CC1CCC(NC(=O)c2cnc(Cl)c(Cl)c2)CC1C. The fourth-order valence-corrected chi connectivity index (χ4v) is 2.76. The summed E-state index contributed by atoms with van der Waals surface area (Å²) in [6.45, 7) is 4.51. The molecule has 1 aromatic heterocycles. The summed E-state index contributed by atoms with van der Waals surface area (Å²) >= 11 is 11.6. The molecule has 1 fully saturated rings. The molecule has 3 unspecified atom stereocenters. The predicted octanol–water partition coefficient (Wildman–Crippen LogP) is 3.94. The summed E-state index contributed by atoms with van der Waals surface area (Å²) in [7, 11) is 0. The highest BCUT2D eigenvalue weighted by Crippen LogP contribution is 2.29. The average Bonchev–Trinajstić information content (AvgIpc) is 2.37. The summed E-state index contributed by atoms with van der Waals surface area (Å²) in [5.41, 5.74) is 0.459. The second kappa shape index (κ2) is 6.10. The number of amides is 1. The van der Waals surface area contributed by atoms with E-state index in [0.717, 1.165) is 25.2 Å². The maximum absolute atomic E-state index is 12.1. The minimum Gasteiger partial charge on any atom is -0.349 e.